The van der Waals surface area contributed by atoms with E-state index in [9.17, 15) is 27.5 Å². The summed E-state index contributed by atoms with van der Waals surface area (Å²) in [4.78, 5) is 16.2. The van der Waals surface area contributed by atoms with Gasteiger partial charge in [0, 0.05) is 23.6 Å². The summed E-state index contributed by atoms with van der Waals surface area (Å²) in [5.74, 6) is -1.20. The van der Waals surface area contributed by atoms with Crippen molar-refractivity contribution in [2.75, 3.05) is 7.11 Å². The Morgan fingerprint density at radius 3 is 2.57 bits per heavy atom. The molecule has 3 rings (SSSR count). The molecule has 0 spiro atoms. The zero-order chi connectivity index (χ0) is 22.1. The van der Waals surface area contributed by atoms with Crippen molar-refractivity contribution in [2.45, 2.75) is 19.6 Å². The molecule has 1 amide bonds. The molecule has 1 heterocycles. The van der Waals surface area contributed by atoms with Crippen LogP contribution in [0.25, 0.3) is 10.9 Å². The van der Waals surface area contributed by atoms with Crippen LogP contribution in [0, 0.1) is 12.7 Å². The highest BCUT2D eigenvalue weighted by Crippen LogP contribution is 2.37. The highest BCUT2D eigenvalue weighted by molar-refractivity contribution is 5.87. The first kappa shape index (κ1) is 21.2. The van der Waals surface area contributed by atoms with E-state index in [1.165, 1.54) is 19.2 Å². The van der Waals surface area contributed by atoms with Gasteiger partial charge in [0.2, 0.25) is 0 Å². The largest absolute Gasteiger partial charge is 0.508 e. The van der Waals surface area contributed by atoms with Crippen molar-refractivity contribution in [3.8, 4) is 17.4 Å². The monoisotopic (exact) mass is 424 g/mol. The van der Waals surface area contributed by atoms with Crippen LogP contribution in [0.3, 0.4) is 0 Å². The van der Waals surface area contributed by atoms with E-state index in [1.54, 1.807) is 6.92 Å². The third kappa shape index (κ3) is 4.53. The summed E-state index contributed by atoms with van der Waals surface area (Å²) in [7, 11) is 1.24. The number of aromatic hydroxyl groups is 1. The van der Waals surface area contributed by atoms with Gasteiger partial charge in [0.25, 0.3) is 5.88 Å². The van der Waals surface area contributed by atoms with Crippen LogP contribution in [-0.4, -0.2) is 23.3 Å². The van der Waals surface area contributed by atoms with Crippen molar-refractivity contribution < 1.29 is 36.9 Å². The van der Waals surface area contributed by atoms with Crippen molar-refractivity contribution in [3.63, 3.8) is 0 Å². The summed E-state index contributed by atoms with van der Waals surface area (Å²) in [6.07, 6.45) is -5.45. The SMILES string of the molecule is COc1nc2cc(C(F)(F)F)ccc2c(C)c1OC(=O)NCc1cc(O)cc(F)c1. The number of methoxy groups -OCH3 is 1. The van der Waals surface area contributed by atoms with Gasteiger partial charge in [-0.3, -0.25) is 0 Å². The Morgan fingerprint density at radius 2 is 1.93 bits per heavy atom. The number of hydrogen-bond donors (Lipinski definition) is 2. The molecule has 0 aliphatic heterocycles. The van der Waals surface area contributed by atoms with E-state index < -0.39 is 23.7 Å². The average Bonchev–Trinajstić information content (AvgIpc) is 2.66. The van der Waals surface area contributed by atoms with Crippen LogP contribution in [-0.2, 0) is 12.7 Å². The molecule has 1 aromatic heterocycles. The molecular formula is C20H16F4N2O4. The highest BCUT2D eigenvalue weighted by atomic mass is 19.4. The first-order chi connectivity index (χ1) is 14.1. The number of hydrogen-bond acceptors (Lipinski definition) is 5. The maximum Gasteiger partial charge on any atom is 0.416 e. The number of halogens is 4. The third-order valence-electron chi connectivity index (χ3n) is 4.25. The van der Waals surface area contributed by atoms with Crippen LogP contribution in [0.4, 0.5) is 22.4 Å². The van der Waals surface area contributed by atoms with E-state index in [0.29, 0.717) is 16.5 Å². The molecular weight excluding hydrogens is 408 g/mol. The van der Waals surface area contributed by atoms with E-state index in [-0.39, 0.29) is 29.4 Å². The Balaban J connectivity index is 1.85. The Kier molecular flexibility index (Phi) is 5.68. The lowest BCUT2D eigenvalue weighted by atomic mass is 10.1. The second-order valence-electron chi connectivity index (χ2n) is 6.37. The minimum Gasteiger partial charge on any atom is -0.508 e. The maximum absolute atomic E-state index is 13.3. The van der Waals surface area contributed by atoms with E-state index in [4.69, 9.17) is 9.47 Å². The smallest absolute Gasteiger partial charge is 0.416 e. The van der Waals surface area contributed by atoms with Gasteiger partial charge in [-0.25, -0.2) is 14.2 Å². The molecule has 0 bridgehead atoms. The van der Waals surface area contributed by atoms with Crippen LogP contribution >= 0.6 is 0 Å². The van der Waals surface area contributed by atoms with Crippen molar-refractivity contribution >= 4 is 17.0 Å². The van der Waals surface area contributed by atoms with Gasteiger partial charge in [-0.15, -0.1) is 0 Å². The summed E-state index contributed by atoms with van der Waals surface area (Å²) in [5, 5.41) is 12.1. The molecule has 6 nitrogen and oxygen atoms in total. The zero-order valence-corrected chi connectivity index (χ0v) is 15.8. The second kappa shape index (κ2) is 8.05. The van der Waals surface area contributed by atoms with Gasteiger partial charge in [-0.2, -0.15) is 13.2 Å². The van der Waals surface area contributed by atoms with Gasteiger partial charge in [0.1, 0.15) is 11.6 Å². The van der Waals surface area contributed by atoms with Crippen LogP contribution in [0.15, 0.2) is 36.4 Å². The summed E-state index contributed by atoms with van der Waals surface area (Å²) < 4.78 is 62.5. The number of ether oxygens (including phenoxy) is 2. The number of phenols is 1. The Morgan fingerprint density at radius 1 is 1.20 bits per heavy atom. The Hall–Kier alpha value is -3.56. The van der Waals surface area contributed by atoms with Crippen molar-refractivity contribution in [2.24, 2.45) is 0 Å². The topological polar surface area (TPSA) is 80.7 Å². The lowest BCUT2D eigenvalue weighted by Gasteiger charge is -2.15. The zero-order valence-electron chi connectivity index (χ0n) is 15.8. The fourth-order valence-electron chi connectivity index (χ4n) is 2.86. The number of carbonyl (C=O) groups excluding carboxylic acids is 1. The van der Waals surface area contributed by atoms with Gasteiger partial charge in [-0.05, 0) is 36.8 Å². The number of nitrogens with zero attached hydrogens (tertiary/aromatic N) is 1. The highest BCUT2D eigenvalue weighted by Gasteiger charge is 2.31. The van der Waals surface area contributed by atoms with E-state index in [2.05, 4.69) is 10.3 Å². The number of nitrogens with one attached hydrogen (secondary N) is 1. The molecule has 10 heteroatoms. The number of aromatic nitrogens is 1. The van der Waals surface area contributed by atoms with Crippen LogP contribution < -0.4 is 14.8 Å². The summed E-state index contributed by atoms with van der Waals surface area (Å²) in [5.41, 5.74) is -0.190. The lowest BCUT2D eigenvalue weighted by Crippen LogP contribution is -2.27. The van der Waals surface area contributed by atoms with Crippen LogP contribution in [0.5, 0.6) is 17.4 Å². The van der Waals surface area contributed by atoms with Gasteiger partial charge in [-0.1, -0.05) is 6.07 Å². The number of fused-ring (bicyclic) bond motifs is 1. The average molecular weight is 424 g/mol. The fourth-order valence-corrected chi connectivity index (χ4v) is 2.86. The molecule has 0 saturated heterocycles. The molecule has 2 N–H and O–H groups in total. The summed E-state index contributed by atoms with van der Waals surface area (Å²) in [6.45, 7) is 1.41. The number of alkyl halides is 3. The quantitative estimate of drug-likeness (QED) is 0.594. The van der Waals surface area contributed by atoms with Crippen LogP contribution in [0.2, 0.25) is 0 Å². The molecule has 158 valence electrons. The molecule has 0 saturated carbocycles. The minimum atomic E-state index is -4.53. The molecule has 30 heavy (non-hydrogen) atoms. The fraction of sp³-hybridized carbons (Fsp3) is 0.200. The first-order valence-electron chi connectivity index (χ1n) is 8.58. The lowest BCUT2D eigenvalue weighted by molar-refractivity contribution is -0.137. The van der Waals surface area contributed by atoms with Gasteiger partial charge in [0.15, 0.2) is 5.75 Å². The number of aryl methyl sites for hydroxylation is 1. The number of amides is 1. The molecule has 0 radical (unpaired) electrons. The van der Waals surface area contributed by atoms with Crippen molar-refractivity contribution in [1.82, 2.24) is 10.3 Å². The number of carbonyl (C=O) groups is 1. The molecule has 0 unspecified atom stereocenters. The number of phenolic OH excluding ortho intramolecular Hbond substituents is 1. The van der Waals surface area contributed by atoms with E-state index in [0.717, 1.165) is 24.3 Å². The second-order valence-corrected chi connectivity index (χ2v) is 6.37. The maximum atomic E-state index is 13.3. The Labute approximate surface area is 168 Å². The molecule has 0 atom stereocenters. The third-order valence-corrected chi connectivity index (χ3v) is 4.25. The molecule has 0 fully saturated rings. The van der Waals surface area contributed by atoms with E-state index >= 15 is 0 Å². The molecule has 0 aliphatic carbocycles. The molecule has 3 aromatic rings. The van der Waals surface area contributed by atoms with Gasteiger partial charge >= 0.3 is 12.3 Å². The van der Waals surface area contributed by atoms with Gasteiger partial charge < -0.3 is 19.9 Å². The summed E-state index contributed by atoms with van der Waals surface area (Å²) in [6, 6.07) is 6.34. The minimum absolute atomic E-state index is 0.0298. The molecule has 2 aromatic carbocycles. The number of pyridine rings is 1. The molecule has 0 aliphatic rings. The number of rotatable bonds is 4. The predicted octanol–water partition coefficient (Wildman–Crippen LogP) is 4.70. The van der Waals surface area contributed by atoms with Gasteiger partial charge in [0.05, 0.1) is 18.2 Å². The normalized spacial score (nSPS) is 11.4. The van der Waals surface area contributed by atoms with Crippen LogP contribution in [0.1, 0.15) is 16.7 Å². The van der Waals surface area contributed by atoms with E-state index in [1.807, 2.05) is 0 Å². The van der Waals surface area contributed by atoms with Crippen molar-refractivity contribution in [3.05, 3.63) is 58.9 Å². The first-order valence-corrected chi connectivity index (χ1v) is 8.58. The van der Waals surface area contributed by atoms with Crippen molar-refractivity contribution in [1.29, 1.82) is 0 Å². The summed E-state index contributed by atoms with van der Waals surface area (Å²) >= 11 is 0. The Bertz CT molecular complexity index is 1100. The predicted molar refractivity (Wildman–Crippen MR) is 99.0 cm³/mol. The standard InChI is InChI=1S/C20H16F4N2O4/c1-10-15-4-3-12(20(22,23)24)7-16(15)26-18(29-2)17(10)30-19(28)25-9-11-5-13(21)8-14(27)6-11/h3-8,27H,9H2,1-2H3,(H,25,28). The number of benzene rings is 2.